The molecule has 15 heavy (non-hydrogen) atoms. The number of carbonyl (C=O) groups excluding carboxylic acids is 1. The van der Waals surface area contributed by atoms with Crippen LogP contribution in [0.4, 0.5) is 0 Å². The maximum absolute atomic E-state index is 11.4. The lowest BCUT2D eigenvalue weighted by atomic mass is 9.85. The molecule has 2 fully saturated rings. The Bertz CT molecular complexity index is 237. The first kappa shape index (κ1) is 11.0. The first-order valence-corrected chi connectivity index (χ1v) is 6.40. The van der Waals surface area contributed by atoms with Crippen LogP contribution in [0.5, 0.6) is 0 Å². The smallest absolute Gasteiger partial charge is 0.306 e. The fourth-order valence-corrected chi connectivity index (χ4v) is 3.43. The number of hydrogen-bond acceptors (Lipinski definition) is 2. The lowest BCUT2D eigenvalue weighted by Gasteiger charge is -2.27. The molecule has 0 aromatic carbocycles. The van der Waals surface area contributed by atoms with Crippen LogP contribution in [0.25, 0.3) is 0 Å². The Morgan fingerprint density at radius 3 is 2.73 bits per heavy atom. The second-order valence-electron chi connectivity index (χ2n) is 5.28. The minimum atomic E-state index is -0.00669. The predicted octanol–water partition coefficient (Wildman–Crippen LogP) is 3.15. The van der Waals surface area contributed by atoms with Gasteiger partial charge in [0.25, 0.3) is 0 Å². The standard InChI is InChI=1S/C13H22O2/c1-3-4-13(14)15-9(2)12-8-10-5-6-11(12)7-10/h9-12H,3-8H2,1-2H3/t9-,10-,11-,12-/m0/s1. The van der Waals surface area contributed by atoms with Crippen molar-refractivity contribution in [1.29, 1.82) is 0 Å². The molecule has 86 valence electrons. The zero-order chi connectivity index (χ0) is 10.8. The van der Waals surface area contributed by atoms with Gasteiger partial charge in [-0.1, -0.05) is 13.3 Å². The summed E-state index contributed by atoms with van der Waals surface area (Å²) >= 11 is 0. The van der Waals surface area contributed by atoms with Crippen molar-refractivity contribution in [2.75, 3.05) is 0 Å². The van der Waals surface area contributed by atoms with Gasteiger partial charge in [0.15, 0.2) is 0 Å². The first-order chi connectivity index (χ1) is 7.20. The highest BCUT2D eigenvalue weighted by Crippen LogP contribution is 2.50. The number of rotatable bonds is 4. The maximum Gasteiger partial charge on any atom is 0.306 e. The van der Waals surface area contributed by atoms with E-state index in [0.29, 0.717) is 12.3 Å². The van der Waals surface area contributed by atoms with Crippen molar-refractivity contribution in [3.05, 3.63) is 0 Å². The Labute approximate surface area is 92.4 Å². The van der Waals surface area contributed by atoms with E-state index in [4.69, 9.17) is 4.74 Å². The van der Waals surface area contributed by atoms with Gasteiger partial charge in [0.1, 0.15) is 6.10 Å². The summed E-state index contributed by atoms with van der Waals surface area (Å²) < 4.78 is 5.49. The van der Waals surface area contributed by atoms with Crippen LogP contribution in [-0.4, -0.2) is 12.1 Å². The Kier molecular flexibility index (Phi) is 3.32. The van der Waals surface area contributed by atoms with E-state index in [-0.39, 0.29) is 12.1 Å². The van der Waals surface area contributed by atoms with E-state index in [1.54, 1.807) is 0 Å². The number of esters is 1. The van der Waals surface area contributed by atoms with E-state index in [0.717, 1.165) is 18.3 Å². The molecule has 0 aliphatic heterocycles. The highest BCUT2D eigenvalue weighted by molar-refractivity contribution is 5.69. The normalized spacial score (nSPS) is 35.5. The molecule has 0 amide bonds. The third-order valence-electron chi connectivity index (χ3n) is 4.17. The highest BCUT2D eigenvalue weighted by Gasteiger charge is 2.42. The molecule has 2 heteroatoms. The largest absolute Gasteiger partial charge is 0.462 e. The van der Waals surface area contributed by atoms with Crippen molar-refractivity contribution in [1.82, 2.24) is 0 Å². The second-order valence-corrected chi connectivity index (χ2v) is 5.28. The zero-order valence-corrected chi connectivity index (χ0v) is 9.87. The third-order valence-corrected chi connectivity index (χ3v) is 4.17. The quantitative estimate of drug-likeness (QED) is 0.666. The summed E-state index contributed by atoms with van der Waals surface area (Å²) in [6.07, 6.45) is 7.08. The van der Waals surface area contributed by atoms with Gasteiger partial charge in [-0.3, -0.25) is 4.79 Å². The first-order valence-electron chi connectivity index (χ1n) is 6.40. The van der Waals surface area contributed by atoms with Crippen molar-refractivity contribution >= 4 is 5.97 Å². The molecular weight excluding hydrogens is 188 g/mol. The van der Waals surface area contributed by atoms with Gasteiger partial charge in [-0.2, -0.15) is 0 Å². The van der Waals surface area contributed by atoms with Crippen LogP contribution in [0.3, 0.4) is 0 Å². The van der Waals surface area contributed by atoms with Gasteiger partial charge in [-0.15, -0.1) is 0 Å². The molecule has 2 saturated carbocycles. The van der Waals surface area contributed by atoms with Gasteiger partial charge in [-0.05, 0) is 50.4 Å². The van der Waals surface area contributed by atoms with Crippen LogP contribution < -0.4 is 0 Å². The van der Waals surface area contributed by atoms with Crippen LogP contribution in [0.1, 0.15) is 52.4 Å². The van der Waals surface area contributed by atoms with Crippen LogP contribution in [-0.2, 0) is 9.53 Å². The number of fused-ring (bicyclic) bond motifs is 2. The third kappa shape index (κ3) is 2.35. The van der Waals surface area contributed by atoms with E-state index in [1.807, 2.05) is 6.92 Å². The SMILES string of the molecule is CCCC(=O)O[C@@H](C)[C@@H]1C[C@H]2CC[C@H]1C2. The van der Waals surface area contributed by atoms with Crippen molar-refractivity contribution in [2.24, 2.45) is 17.8 Å². The molecule has 0 radical (unpaired) electrons. The minimum absolute atomic E-state index is 0.00669. The number of hydrogen-bond donors (Lipinski definition) is 0. The van der Waals surface area contributed by atoms with E-state index in [1.165, 1.54) is 25.7 Å². The van der Waals surface area contributed by atoms with Crippen molar-refractivity contribution in [2.45, 2.75) is 58.5 Å². The van der Waals surface area contributed by atoms with Gasteiger partial charge in [-0.25, -0.2) is 0 Å². The molecule has 2 aliphatic carbocycles. The monoisotopic (exact) mass is 210 g/mol. The number of carbonyl (C=O) groups is 1. The molecule has 2 rings (SSSR count). The molecule has 0 spiro atoms. The van der Waals surface area contributed by atoms with Crippen LogP contribution >= 0.6 is 0 Å². The topological polar surface area (TPSA) is 26.3 Å². The summed E-state index contributed by atoms with van der Waals surface area (Å²) in [5.74, 6) is 2.43. The van der Waals surface area contributed by atoms with Gasteiger partial charge in [0.05, 0.1) is 0 Å². The summed E-state index contributed by atoms with van der Waals surface area (Å²) in [6, 6.07) is 0. The van der Waals surface area contributed by atoms with Crippen LogP contribution in [0.2, 0.25) is 0 Å². The van der Waals surface area contributed by atoms with E-state index in [2.05, 4.69) is 6.92 Å². The molecule has 0 aromatic rings. The lowest BCUT2D eigenvalue weighted by molar-refractivity contribution is -0.151. The summed E-state index contributed by atoms with van der Waals surface area (Å²) in [5, 5.41) is 0. The molecule has 0 heterocycles. The van der Waals surface area contributed by atoms with Crippen molar-refractivity contribution in [3.8, 4) is 0 Å². The maximum atomic E-state index is 11.4. The minimum Gasteiger partial charge on any atom is -0.462 e. The van der Waals surface area contributed by atoms with Gasteiger partial charge < -0.3 is 4.74 Å². The molecule has 0 N–H and O–H groups in total. The average molecular weight is 210 g/mol. The van der Waals surface area contributed by atoms with Gasteiger partial charge in [0.2, 0.25) is 0 Å². The second kappa shape index (κ2) is 4.54. The van der Waals surface area contributed by atoms with Gasteiger partial charge in [0, 0.05) is 6.42 Å². The summed E-state index contributed by atoms with van der Waals surface area (Å²) in [7, 11) is 0. The Morgan fingerprint density at radius 1 is 1.40 bits per heavy atom. The molecule has 2 nitrogen and oxygen atoms in total. The van der Waals surface area contributed by atoms with Gasteiger partial charge >= 0.3 is 5.97 Å². The van der Waals surface area contributed by atoms with Crippen LogP contribution in [0, 0.1) is 17.8 Å². The summed E-state index contributed by atoms with van der Waals surface area (Å²) in [4.78, 5) is 11.4. The zero-order valence-electron chi connectivity index (χ0n) is 9.87. The highest BCUT2D eigenvalue weighted by atomic mass is 16.5. The Balaban J connectivity index is 1.81. The Hall–Kier alpha value is -0.530. The molecular formula is C13H22O2. The molecule has 2 aliphatic rings. The van der Waals surface area contributed by atoms with E-state index in [9.17, 15) is 4.79 Å². The molecule has 0 unspecified atom stereocenters. The molecule has 0 aromatic heterocycles. The summed E-state index contributed by atoms with van der Waals surface area (Å²) in [6.45, 7) is 4.10. The summed E-state index contributed by atoms with van der Waals surface area (Å²) in [5.41, 5.74) is 0. The average Bonchev–Trinajstić information content (AvgIpc) is 2.78. The van der Waals surface area contributed by atoms with E-state index >= 15 is 0 Å². The fraction of sp³-hybridized carbons (Fsp3) is 0.923. The molecule has 2 bridgehead atoms. The molecule has 4 atom stereocenters. The fourth-order valence-electron chi connectivity index (χ4n) is 3.43. The van der Waals surface area contributed by atoms with Crippen LogP contribution in [0.15, 0.2) is 0 Å². The predicted molar refractivity (Wildman–Crippen MR) is 59.4 cm³/mol. The number of ether oxygens (including phenoxy) is 1. The lowest BCUT2D eigenvalue weighted by Crippen LogP contribution is -2.28. The van der Waals surface area contributed by atoms with Crippen molar-refractivity contribution < 1.29 is 9.53 Å². The van der Waals surface area contributed by atoms with Crippen molar-refractivity contribution in [3.63, 3.8) is 0 Å². The Morgan fingerprint density at radius 2 is 2.20 bits per heavy atom. The molecule has 0 saturated heterocycles. The van der Waals surface area contributed by atoms with E-state index < -0.39 is 0 Å².